The van der Waals surface area contributed by atoms with Crippen molar-refractivity contribution >= 4 is 29.9 Å². The molecule has 1 fully saturated rings. The lowest BCUT2D eigenvalue weighted by Gasteiger charge is -2.10. The number of anilines is 1. The summed E-state index contributed by atoms with van der Waals surface area (Å²) in [6.45, 7) is 1.70. The van der Waals surface area contributed by atoms with E-state index in [9.17, 15) is 9.59 Å². The van der Waals surface area contributed by atoms with Crippen LogP contribution in [0.4, 0.5) is 5.69 Å². The predicted molar refractivity (Wildman–Crippen MR) is 82.6 cm³/mol. The van der Waals surface area contributed by atoms with Crippen LogP contribution in [-0.4, -0.2) is 31.5 Å². The van der Waals surface area contributed by atoms with Gasteiger partial charge in [-0.3, -0.25) is 9.59 Å². The van der Waals surface area contributed by atoms with Crippen molar-refractivity contribution in [2.45, 2.75) is 12.8 Å². The van der Waals surface area contributed by atoms with Gasteiger partial charge in [0.05, 0.1) is 0 Å². The third-order valence-electron chi connectivity index (χ3n) is 3.14. The van der Waals surface area contributed by atoms with E-state index in [4.69, 9.17) is 10.5 Å². The van der Waals surface area contributed by atoms with Gasteiger partial charge in [-0.1, -0.05) is 6.07 Å². The fraction of sp³-hybridized carbons (Fsp3) is 0.429. The molecule has 1 aromatic rings. The average molecular weight is 314 g/mol. The van der Waals surface area contributed by atoms with E-state index in [0.717, 1.165) is 19.5 Å². The summed E-state index contributed by atoms with van der Waals surface area (Å²) in [4.78, 5) is 22.5. The van der Waals surface area contributed by atoms with Gasteiger partial charge in [-0.25, -0.2) is 0 Å². The molecule has 0 bridgehead atoms. The number of ether oxygens (including phenoxy) is 1. The molecule has 0 radical (unpaired) electrons. The highest BCUT2D eigenvalue weighted by Crippen LogP contribution is 2.19. The zero-order valence-corrected chi connectivity index (χ0v) is 12.4. The largest absolute Gasteiger partial charge is 0.484 e. The monoisotopic (exact) mass is 313 g/mol. The number of nitrogens with two attached hydrogens (primary N) is 1. The SMILES string of the molecule is Cl.NC(=O)COc1cccc(NC(=O)CC2CCNC2)c1. The molecule has 0 aromatic heterocycles. The van der Waals surface area contributed by atoms with Crippen molar-refractivity contribution in [3.8, 4) is 5.75 Å². The Bertz CT molecular complexity index is 490. The molecule has 2 rings (SSSR count). The van der Waals surface area contributed by atoms with Gasteiger partial charge in [0.25, 0.3) is 5.91 Å². The van der Waals surface area contributed by atoms with E-state index in [-0.39, 0.29) is 24.9 Å². The molecule has 2 amide bonds. The smallest absolute Gasteiger partial charge is 0.255 e. The van der Waals surface area contributed by atoms with Crippen molar-refractivity contribution in [1.82, 2.24) is 5.32 Å². The molecule has 6 nitrogen and oxygen atoms in total. The number of halogens is 1. The van der Waals surface area contributed by atoms with Crippen LogP contribution in [0.2, 0.25) is 0 Å². The summed E-state index contributed by atoms with van der Waals surface area (Å²) in [6.07, 6.45) is 1.55. The van der Waals surface area contributed by atoms with Gasteiger partial charge >= 0.3 is 0 Å². The minimum Gasteiger partial charge on any atom is -0.484 e. The lowest BCUT2D eigenvalue weighted by Crippen LogP contribution is -2.20. The molecule has 7 heteroatoms. The van der Waals surface area contributed by atoms with Crippen LogP contribution in [0.15, 0.2) is 24.3 Å². The van der Waals surface area contributed by atoms with Crippen molar-refractivity contribution in [1.29, 1.82) is 0 Å². The third kappa shape index (κ3) is 6.01. The number of nitrogens with one attached hydrogen (secondary N) is 2. The fourth-order valence-corrected chi connectivity index (χ4v) is 2.18. The summed E-state index contributed by atoms with van der Waals surface area (Å²) in [5, 5.41) is 6.07. The van der Waals surface area contributed by atoms with E-state index < -0.39 is 5.91 Å². The molecule has 0 spiro atoms. The Morgan fingerprint density at radius 1 is 1.43 bits per heavy atom. The van der Waals surface area contributed by atoms with Crippen LogP contribution in [0.25, 0.3) is 0 Å². The Kier molecular flexibility index (Phi) is 6.98. The number of rotatable bonds is 6. The van der Waals surface area contributed by atoms with Gasteiger partial charge in [-0.2, -0.15) is 0 Å². The molecule has 21 heavy (non-hydrogen) atoms. The van der Waals surface area contributed by atoms with Crippen LogP contribution in [0.1, 0.15) is 12.8 Å². The molecular formula is C14H20ClN3O3. The first-order chi connectivity index (χ1) is 9.63. The van der Waals surface area contributed by atoms with E-state index in [1.54, 1.807) is 24.3 Å². The van der Waals surface area contributed by atoms with Gasteiger partial charge in [-0.15, -0.1) is 12.4 Å². The predicted octanol–water partition coefficient (Wildman–Crippen LogP) is 0.911. The maximum atomic E-state index is 11.9. The molecule has 1 aromatic carbocycles. The molecule has 116 valence electrons. The summed E-state index contributed by atoms with van der Waals surface area (Å²) in [7, 11) is 0. The molecular weight excluding hydrogens is 294 g/mol. The second kappa shape index (κ2) is 8.49. The van der Waals surface area contributed by atoms with E-state index in [2.05, 4.69) is 10.6 Å². The molecule has 0 saturated carbocycles. The van der Waals surface area contributed by atoms with Crippen LogP contribution in [0.3, 0.4) is 0 Å². The number of benzene rings is 1. The van der Waals surface area contributed by atoms with Crippen LogP contribution in [0, 0.1) is 5.92 Å². The molecule has 1 aliphatic heterocycles. The van der Waals surface area contributed by atoms with Crippen molar-refractivity contribution in [2.24, 2.45) is 11.7 Å². The molecule has 1 unspecified atom stereocenters. The number of hydrogen-bond acceptors (Lipinski definition) is 4. The summed E-state index contributed by atoms with van der Waals surface area (Å²) in [6, 6.07) is 6.91. The normalized spacial score (nSPS) is 16.9. The van der Waals surface area contributed by atoms with Crippen LogP contribution in [-0.2, 0) is 9.59 Å². The van der Waals surface area contributed by atoms with Gasteiger partial charge in [0.15, 0.2) is 6.61 Å². The standard InChI is InChI=1S/C14H19N3O3.ClH/c15-13(18)9-20-12-3-1-2-11(7-12)17-14(19)6-10-4-5-16-8-10;/h1-3,7,10,16H,4-6,8-9H2,(H2,15,18)(H,17,19);1H. The number of carbonyl (C=O) groups excluding carboxylic acids is 2. The lowest BCUT2D eigenvalue weighted by molar-refractivity contribution is -0.120. The average Bonchev–Trinajstić information content (AvgIpc) is 2.89. The second-order valence-electron chi connectivity index (χ2n) is 4.89. The van der Waals surface area contributed by atoms with Gasteiger partial charge < -0.3 is 21.1 Å². The fourth-order valence-electron chi connectivity index (χ4n) is 2.18. The highest BCUT2D eigenvalue weighted by Gasteiger charge is 2.18. The Morgan fingerprint density at radius 3 is 2.90 bits per heavy atom. The van der Waals surface area contributed by atoms with E-state index in [0.29, 0.717) is 23.8 Å². The molecule has 0 aliphatic carbocycles. The zero-order valence-electron chi connectivity index (χ0n) is 11.6. The number of carbonyl (C=O) groups is 2. The quantitative estimate of drug-likeness (QED) is 0.727. The molecule has 1 aliphatic rings. The lowest BCUT2D eigenvalue weighted by atomic mass is 10.0. The number of amides is 2. The molecule has 1 atom stereocenters. The van der Waals surface area contributed by atoms with Crippen molar-refractivity contribution in [2.75, 3.05) is 25.0 Å². The van der Waals surface area contributed by atoms with Crippen molar-refractivity contribution in [3.05, 3.63) is 24.3 Å². The third-order valence-corrected chi connectivity index (χ3v) is 3.14. The van der Waals surface area contributed by atoms with Gasteiger partial charge in [0, 0.05) is 18.2 Å². The second-order valence-corrected chi connectivity index (χ2v) is 4.89. The molecule has 1 heterocycles. The summed E-state index contributed by atoms with van der Waals surface area (Å²) >= 11 is 0. The van der Waals surface area contributed by atoms with E-state index >= 15 is 0 Å². The van der Waals surface area contributed by atoms with Gasteiger partial charge in [-0.05, 0) is 37.6 Å². The Morgan fingerprint density at radius 2 is 2.24 bits per heavy atom. The Hall–Kier alpha value is -1.79. The zero-order chi connectivity index (χ0) is 14.4. The number of primary amides is 1. The Balaban J connectivity index is 0.00000220. The van der Waals surface area contributed by atoms with Crippen LogP contribution in [0.5, 0.6) is 5.75 Å². The summed E-state index contributed by atoms with van der Waals surface area (Å²) in [5.41, 5.74) is 5.67. The first-order valence-electron chi connectivity index (χ1n) is 6.65. The maximum absolute atomic E-state index is 11.9. The first-order valence-corrected chi connectivity index (χ1v) is 6.65. The maximum Gasteiger partial charge on any atom is 0.255 e. The van der Waals surface area contributed by atoms with Gasteiger partial charge in [0.2, 0.25) is 5.91 Å². The highest BCUT2D eigenvalue weighted by molar-refractivity contribution is 5.91. The topological polar surface area (TPSA) is 93.5 Å². The Labute approximate surface area is 129 Å². The van der Waals surface area contributed by atoms with E-state index in [1.165, 1.54) is 0 Å². The molecule has 1 saturated heterocycles. The minimum atomic E-state index is -0.534. The van der Waals surface area contributed by atoms with E-state index in [1.807, 2.05) is 0 Å². The first kappa shape index (κ1) is 17.3. The van der Waals surface area contributed by atoms with Crippen LogP contribution < -0.4 is 21.1 Å². The molecule has 4 N–H and O–H groups in total. The summed E-state index contributed by atoms with van der Waals surface area (Å²) < 4.78 is 5.19. The highest BCUT2D eigenvalue weighted by atomic mass is 35.5. The van der Waals surface area contributed by atoms with Crippen LogP contribution >= 0.6 is 12.4 Å². The van der Waals surface area contributed by atoms with Crippen molar-refractivity contribution < 1.29 is 14.3 Å². The summed E-state index contributed by atoms with van der Waals surface area (Å²) in [5.74, 6) is 0.368. The van der Waals surface area contributed by atoms with Crippen molar-refractivity contribution in [3.63, 3.8) is 0 Å². The number of hydrogen-bond donors (Lipinski definition) is 3. The minimum absolute atomic E-state index is 0. The van der Waals surface area contributed by atoms with Gasteiger partial charge in [0.1, 0.15) is 5.75 Å².